The molecule has 0 atom stereocenters. The molecule has 0 saturated carbocycles. The zero-order chi connectivity index (χ0) is 19.5. The molecule has 3 aromatic heterocycles. The molecule has 0 spiro atoms. The molecule has 3 heterocycles. The van der Waals surface area contributed by atoms with Gasteiger partial charge < -0.3 is 5.32 Å². The number of amides is 1. The minimum Gasteiger partial charge on any atom is -0.345 e. The first-order valence-electron chi connectivity index (χ1n) is 8.23. The van der Waals surface area contributed by atoms with Crippen LogP contribution in [0.5, 0.6) is 0 Å². The molecule has 10 heteroatoms. The molecule has 140 valence electrons. The van der Waals surface area contributed by atoms with Crippen molar-refractivity contribution in [1.29, 1.82) is 0 Å². The monoisotopic (exact) mass is 457 g/mol. The number of carbonyl (C=O) groups is 1. The van der Waals surface area contributed by atoms with Crippen molar-refractivity contribution in [3.63, 3.8) is 0 Å². The number of pyridine rings is 1. The van der Waals surface area contributed by atoms with Gasteiger partial charge in [0.15, 0.2) is 5.82 Å². The minimum absolute atomic E-state index is 0.213. The van der Waals surface area contributed by atoms with Crippen LogP contribution >= 0.6 is 27.5 Å². The maximum absolute atomic E-state index is 12.7. The molecule has 8 nitrogen and oxygen atoms in total. The van der Waals surface area contributed by atoms with Crippen molar-refractivity contribution in [3.8, 4) is 11.5 Å². The summed E-state index contributed by atoms with van der Waals surface area (Å²) in [5, 5.41) is 15.6. The highest BCUT2D eigenvalue weighted by Crippen LogP contribution is 2.21. The molecule has 0 radical (unpaired) electrons. The Morgan fingerprint density at radius 1 is 1.18 bits per heavy atom. The first-order chi connectivity index (χ1) is 13.6. The van der Waals surface area contributed by atoms with E-state index in [0.717, 1.165) is 5.69 Å². The lowest BCUT2D eigenvalue weighted by Gasteiger charge is -2.07. The number of hydrogen-bond acceptors (Lipinski definition) is 5. The topological polar surface area (TPSA) is 90.5 Å². The number of halogens is 2. The molecule has 4 aromatic rings. The van der Waals surface area contributed by atoms with E-state index in [1.54, 1.807) is 35.3 Å². The first kappa shape index (κ1) is 18.3. The molecule has 0 aliphatic heterocycles. The van der Waals surface area contributed by atoms with E-state index in [2.05, 4.69) is 41.6 Å². The van der Waals surface area contributed by atoms with Gasteiger partial charge in [0, 0.05) is 12.3 Å². The van der Waals surface area contributed by atoms with Gasteiger partial charge in [-0.2, -0.15) is 5.10 Å². The van der Waals surface area contributed by atoms with Crippen molar-refractivity contribution < 1.29 is 4.79 Å². The van der Waals surface area contributed by atoms with E-state index in [0.29, 0.717) is 26.8 Å². The predicted molar refractivity (Wildman–Crippen MR) is 107 cm³/mol. The van der Waals surface area contributed by atoms with Crippen LogP contribution in [0.3, 0.4) is 0 Å². The summed E-state index contributed by atoms with van der Waals surface area (Å²) in [6, 6.07) is 14.6. The van der Waals surface area contributed by atoms with Crippen LogP contribution in [-0.2, 0) is 6.54 Å². The molecule has 1 amide bonds. The van der Waals surface area contributed by atoms with Crippen molar-refractivity contribution in [1.82, 2.24) is 35.1 Å². The van der Waals surface area contributed by atoms with E-state index in [1.807, 2.05) is 30.3 Å². The molecular formula is C18H13BrClN7O. The molecule has 1 N–H and O–H groups in total. The molecule has 0 saturated heterocycles. The number of benzene rings is 1. The summed E-state index contributed by atoms with van der Waals surface area (Å²) in [6.07, 6.45) is 3.35. The molecule has 0 aliphatic carbocycles. The molecule has 28 heavy (non-hydrogen) atoms. The van der Waals surface area contributed by atoms with Crippen LogP contribution in [0.2, 0.25) is 5.02 Å². The maximum atomic E-state index is 12.7. The molecule has 0 bridgehead atoms. The Hall–Kier alpha value is -3.04. The summed E-state index contributed by atoms with van der Waals surface area (Å²) >= 11 is 9.48. The number of nitrogens with zero attached hydrogens (tertiary/aromatic N) is 6. The second-order valence-corrected chi connectivity index (χ2v) is 6.97. The van der Waals surface area contributed by atoms with E-state index in [4.69, 9.17) is 11.6 Å². The normalized spacial score (nSPS) is 10.8. The van der Waals surface area contributed by atoms with Gasteiger partial charge in [-0.15, -0.1) is 5.10 Å². The van der Waals surface area contributed by atoms with Gasteiger partial charge in [-0.25, -0.2) is 14.3 Å². The van der Waals surface area contributed by atoms with Crippen LogP contribution < -0.4 is 5.32 Å². The highest BCUT2D eigenvalue weighted by molar-refractivity contribution is 9.10. The number of para-hydroxylation sites is 1. The smallest absolute Gasteiger partial charge is 0.270 e. The third-order valence-electron chi connectivity index (χ3n) is 3.84. The number of rotatable bonds is 5. The minimum atomic E-state index is -0.339. The van der Waals surface area contributed by atoms with Crippen molar-refractivity contribution in [2.24, 2.45) is 0 Å². The van der Waals surface area contributed by atoms with Crippen molar-refractivity contribution >= 4 is 33.4 Å². The molecule has 0 fully saturated rings. The SMILES string of the molecule is O=C(NCc1cn(-c2ccccc2)nn1)c1cc(Br)nn1-c1ncccc1Cl. The molecule has 0 unspecified atom stereocenters. The van der Waals surface area contributed by atoms with Gasteiger partial charge in [0.25, 0.3) is 5.91 Å². The van der Waals surface area contributed by atoms with Crippen molar-refractivity contribution in [2.45, 2.75) is 6.54 Å². The highest BCUT2D eigenvalue weighted by atomic mass is 79.9. The van der Waals surface area contributed by atoms with E-state index >= 15 is 0 Å². The zero-order valence-corrected chi connectivity index (χ0v) is 16.7. The summed E-state index contributed by atoms with van der Waals surface area (Å²) in [4.78, 5) is 16.9. The van der Waals surface area contributed by atoms with Crippen LogP contribution in [0.4, 0.5) is 0 Å². The second-order valence-electron chi connectivity index (χ2n) is 5.75. The summed E-state index contributed by atoms with van der Waals surface area (Å²) in [5.74, 6) is 0.0317. The largest absolute Gasteiger partial charge is 0.345 e. The van der Waals surface area contributed by atoms with Crippen LogP contribution in [0.1, 0.15) is 16.2 Å². The summed E-state index contributed by atoms with van der Waals surface area (Å²) < 4.78 is 3.54. The van der Waals surface area contributed by atoms with Gasteiger partial charge >= 0.3 is 0 Å². The second kappa shape index (κ2) is 7.91. The van der Waals surface area contributed by atoms with E-state index < -0.39 is 0 Å². The Bertz CT molecular complexity index is 1130. The van der Waals surface area contributed by atoms with Gasteiger partial charge in [0.05, 0.1) is 23.5 Å². The molecule has 1 aromatic carbocycles. The predicted octanol–water partition coefficient (Wildman–Crippen LogP) is 3.19. The molecular weight excluding hydrogens is 446 g/mol. The fraction of sp³-hybridized carbons (Fsp3) is 0.0556. The number of aromatic nitrogens is 6. The standard InChI is InChI=1S/C18H13BrClN7O/c19-16-9-15(27(24-16)17-14(20)7-4-8-21-17)18(28)22-10-12-11-26(25-23-12)13-5-2-1-3-6-13/h1-9,11H,10H2,(H,22,28). The zero-order valence-electron chi connectivity index (χ0n) is 14.3. The summed E-state index contributed by atoms with van der Waals surface area (Å²) in [7, 11) is 0. The van der Waals surface area contributed by atoms with Crippen molar-refractivity contribution in [2.75, 3.05) is 0 Å². The van der Waals surface area contributed by atoms with Crippen LogP contribution in [-0.4, -0.2) is 35.7 Å². The van der Waals surface area contributed by atoms with Crippen molar-refractivity contribution in [3.05, 3.63) is 81.9 Å². The lowest BCUT2D eigenvalue weighted by molar-refractivity contribution is 0.0942. The van der Waals surface area contributed by atoms with Gasteiger partial charge in [0.1, 0.15) is 16.0 Å². The Labute approximate surface area is 173 Å². The number of carbonyl (C=O) groups excluding carboxylic acids is 1. The third kappa shape index (κ3) is 3.80. The van der Waals surface area contributed by atoms with Crippen LogP contribution in [0.15, 0.2) is 65.5 Å². The summed E-state index contributed by atoms with van der Waals surface area (Å²) in [6.45, 7) is 0.213. The van der Waals surface area contributed by atoms with Gasteiger partial charge in [-0.1, -0.05) is 35.0 Å². The van der Waals surface area contributed by atoms with Gasteiger partial charge in [-0.05, 0) is 40.2 Å². The number of nitrogens with one attached hydrogen (secondary N) is 1. The third-order valence-corrected chi connectivity index (χ3v) is 4.53. The first-order valence-corrected chi connectivity index (χ1v) is 9.40. The van der Waals surface area contributed by atoms with Crippen LogP contribution in [0.25, 0.3) is 11.5 Å². The molecule has 0 aliphatic rings. The average Bonchev–Trinajstić information content (AvgIpc) is 3.34. The Kier molecular flexibility index (Phi) is 5.18. The van der Waals surface area contributed by atoms with E-state index in [1.165, 1.54) is 4.68 Å². The van der Waals surface area contributed by atoms with E-state index in [9.17, 15) is 4.79 Å². The fourth-order valence-corrected chi connectivity index (χ4v) is 3.13. The lowest BCUT2D eigenvalue weighted by atomic mass is 10.3. The Morgan fingerprint density at radius 3 is 2.79 bits per heavy atom. The highest BCUT2D eigenvalue weighted by Gasteiger charge is 2.18. The quantitative estimate of drug-likeness (QED) is 0.496. The fourth-order valence-electron chi connectivity index (χ4n) is 2.56. The average molecular weight is 459 g/mol. The van der Waals surface area contributed by atoms with E-state index in [-0.39, 0.29) is 12.5 Å². The van der Waals surface area contributed by atoms with Gasteiger partial charge in [-0.3, -0.25) is 4.79 Å². The number of hydrogen-bond donors (Lipinski definition) is 1. The Balaban J connectivity index is 1.51. The molecule has 4 rings (SSSR count). The lowest BCUT2D eigenvalue weighted by Crippen LogP contribution is -2.26. The van der Waals surface area contributed by atoms with Crippen LogP contribution in [0, 0.1) is 0 Å². The van der Waals surface area contributed by atoms with Gasteiger partial charge in [0.2, 0.25) is 0 Å². The maximum Gasteiger partial charge on any atom is 0.270 e. The summed E-state index contributed by atoms with van der Waals surface area (Å²) in [5.41, 5.74) is 1.81. The Morgan fingerprint density at radius 2 is 2.00 bits per heavy atom.